The van der Waals surface area contributed by atoms with Gasteiger partial charge in [-0.25, -0.2) is 5.43 Å². The molecular formula is C20H19BrF3N3O5. The number of nitrogens with zero attached hydrogens (tertiary/aromatic N) is 2. The molecule has 172 valence electrons. The van der Waals surface area contributed by atoms with E-state index < -0.39 is 34.7 Å². The highest BCUT2D eigenvalue weighted by Gasteiger charge is 2.33. The van der Waals surface area contributed by atoms with Gasteiger partial charge in [0.05, 0.1) is 40.8 Å². The van der Waals surface area contributed by atoms with E-state index in [0.717, 1.165) is 6.07 Å². The molecule has 0 atom stereocenters. The molecule has 0 saturated heterocycles. The largest absolute Gasteiger partial charge is 0.490 e. The molecule has 1 amide bonds. The molecule has 32 heavy (non-hydrogen) atoms. The molecule has 1 N–H and O–H groups in total. The maximum Gasteiger partial charge on any atom is 0.416 e. The van der Waals surface area contributed by atoms with E-state index in [-0.39, 0.29) is 5.56 Å². The topological polar surface area (TPSA) is 103 Å². The van der Waals surface area contributed by atoms with Gasteiger partial charge in [-0.05, 0) is 53.5 Å². The minimum atomic E-state index is -4.73. The van der Waals surface area contributed by atoms with E-state index in [1.807, 2.05) is 13.8 Å². The van der Waals surface area contributed by atoms with Gasteiger partial charge in [0.25, 0.3) is 5.69 Å². The van der Waals surface area contributed by atoms with Crippen LogP contribution in [0.15, 0.2) is 39.9 Å². The first-order valence-corrected chi connectivity index (χ1v) is 10.1. The predicted molar refractivity (Wildman–Crippen MR) is 114 cm³/mol. The van der Waals surface area contributed by atoms with Crippen molar-refractivity contribution in [3.63, 3.8) is 0 Å². The standard InChI is InChI=1S/C20H19BrF3N3O5/c1-3-31-17-8-12(7-15(21)19(17)32-4-2)11-25-26-18(28)9-13-5-6-14(20(22,23)24)10-16(13)27(29)30/h5-8,10-11H,3-4,9H2,1-2H3,(H,26,28)/b25-11+. The highest BCUT2D eigenvalue weighted by Crippen LogP contribution is 2.36. The molecule has 12 heteroatoms. The minimum absolute atomic E-state index is 0.168. The van der Waals surface area contributed by atoms with Crippen LogP contribution in [0.5, 0.6) is 11.5 Å². The number of hydrogen-bond acceptors (Lipinski definition) is 6. The monoisotopic (exact) mass is 517 g/mol. The van der Waals surface area contributed by atoms with Crippen LogP contribution >= 0.6 is 15.9 Å². The number of hydrogen-bond donors (Lipinski definition) is 1. The molecule has 0 spiro atoms. The maximum atomic E-state index is 12.8. The number of nitro groups is 1. The average molecular weight is 518 g/mol. The summed E-state index contributed by atoms with van der Waals surface area (Å²) in [5.74, 6) is 0.251. The first-order chi connectivity index (χ1) is 15.1. The van der Waals surface area contributed by atoms with Crippen LogP contribution in [0, 0.1) is 10.1 Å². The number of alkyl halides is 3. The zero-order valence-electron chi connectivity index (χ0n) is 17.0. The second-order valence-corrected chi connectivity index (χ2v) is 7.12. The summed E-state index contributed by atoms with van der Waals surface area (Å²) in [5, 5.41) is 14.9. The van der Waals surface area contributed by atoms with Crippen molar-refractivity contribution in [2.24, 2.45) is 5.10 Å². The number of carbonyl (C=O) groups excluding carboxylic acids is 1. The van der Waals surface area contributed by atoms with Crippen LogP contribution in [0.3, 0.4) is 0 Å². The molecule has 0 aliphatic rings. The van der Waals surface area contributed by atoms with Gasteiger partial charge in [0.1, 0.15) is 0 Å². The Morgan fingerprint density at radius 3 is 2.50 bits per heavy atom. The lowest BCUT2D eigenvalue weighted by molar-refractivity contribution is -0.385. The van der Waals surface area contributed by atoms with Gasteiger partial charge in [-0.1, -0.05) is 6.07 Å². The van der Waals surface area contributed by atoms with Crippen molar-refractivity contribution in [1.29, 1.82) is 0 Å². The second kappa shape index (κ2) is 10.9. The third kappa shape index (κ3) is 6.67. The molecule has 0 fully saturated rings. The number of ether oxygens (including phenoxy) is 2. The van der Waals surface area contributed by atoms with Gasteiger partial charge in [-0.15, -0.1) is 0 Å². The van der Waals surface area contributed by atoms with Crippen LogP contribution in [0.2, 0.25) is 0 Å². The quantitative estimate of drug-likeness (QED) is 0.290. The number of hydrazone groups is 1. The van der Waals surface area contributed by atoms with Gasteiger partial charge in [0.2, 0.25) is 5.91 Å². The highest BCUT2D eigenvalue weighted by molar-refractivity contribution is 9.10. The zero-order valence-corrected chi connectivity index (χ0v) is 18.6. The number of rotatable bonds is 9. The van der Waals surface area contributed by atoms with Gasteiger partial charge in [0, 0.05) is 11.6 Å². The summed E-state index contributed by atoms with van der Waals surface area (Å²) in [7, 11) is 0. The lowest BCUT2D eigenvalue weighted by Crippen LogP contribution is -2.20. The first-order valence-electron chi connectivity index (χ1n) is 9.32. The summed E-state index contributed by atoms with van der Waals surface area (Å²) in [6.07, 6.45) is -3.94. The molecule has 0 saturated carbocycles. The van der Waals surface area contributed by atoms with E-state index in [2.05, 4.69) is 26.5 Å². The summed E-state index contributed by atoms with van der Waals surface area (Å²) in [6.45, 7) is 4.47. The molecule has 0 aromatic heterocycles. The van der Waals surface area contributed by atoms with Crippen LogP contribution in [0.4, 0.5) is 18.9 Å². The van der Waals surface area contributed by atoms with E-state index in [4.69, 9.17) is 9.47 Å². The van der Waals surface area contributed by atoms with E-state index in [0.29, 0.717) is 46.9 Å². The van der Waals surface area contributed by atoms with Crippen LogP contribution in [0.25, 0.3) is 0 Å². The molecule has 2 aromatic rings. The number of benzene rings is 2. The Labute approximate surface area is 189 Å². The Morgan fingerprint density at radius 2 is 1.91 bits per heavy atom. The molecule has 0 aliphatic heterocycles. The van der Waals surface area contributed by atoms with Crippen molar-refractivity contribution in [3.05, 3.63) is 61.6 Å². The second-order valence-electron chi connectivity index (χ2n) is 6.26. The normalized spacial score (nSPS) is 11.4. The molecule has 8 nitrogen and oxygen atoms in total. The lowest BCUT2D eigenvalue weighted by Gasteiger charge is -2.13. The number of halogens is 4. The van der Waals surface area contributed by atoms with E-state index in [1.54, 1.807) is 12.1 Å². The predicted octanol–water partition coefficient (Wildman–Crippen LogP) is 4.87. The van der Waals surface area contributed by atoms with Crippen LogP contribution < -0.4 is 14.9 Å². The summed E-state index contributed by atoms with van der Waals surface area (Å²) in [4.78, 5) is 22.3. The van der Waals surface area contributed by atoms with Gasteiger partial charge >= 0.3 is 6.18 Å². The molecule has 2 aromatic carbocycles. The van der Waals surface area contributed by atoms with Gasteiger partial charge in [-0.3, -0.25) is 14.9 Å². The summed E-state index contributed by atoms with van der Waals surface area (Å²) >= 11 is 3.38. The molecule has 0 heterocycles. The van der Waals surface area contributed by atoms with Crippen LogP contribution in [0.1, 0.15) is 30.5 Å². The summed E-state index contributed by atoms with van der Waals surface area (Å²) in [6, 6.07) is 5.33. The fourth-order valence-corrected chi connectivity index (χ4v) is 3.23. The Bertz CT molecular complexity index is 1030. The Morgan fingerprint density at radius 1 is 1.22 bits per heavy atom. The van der Waals surface area contributed by atoms with Crippen LogP contribution in [-0.4, -0.2) is 30.3 Å². The van der Waals surface area contributed by atoms with Crippen LogP contribution in [-0.2, 0) is 17.4 Å². The maximum absolute atomic E-state index is 12.8. The van der Waals surface area contributed by atoms with Crippen molar-refractivity contribution < 1.29 is 32.4 Å². The molecule has 0 unspecified atom stereocenters. The van der Waals surface area contributed by atoms with Gasteiger partial charge in [0.15, 0.2) is 11.5 Å². The summed E-state index contributed by atoms with van der Waals surface area (Å²) in [5.41, 5.74) is 0.627. The molecule has 0 bridgehead atoms. The Hall–Kier alpha value is -3.15. The van der Waals surface area contributed by atoms with Crippen molar-refractivity contribution in [3.8, 4) is 11.5 Å². The number of carbonyl (C=O) groups is 1. The van der Waals surface area contributed by atoms with Crippen molar-refractivity contribution >= 4 is 33.7 Å². The van der Waals surface area contributed by atoms with E-state index in [1.165, 1.54) is 6.21 Å². The van der Waals surface area contributed by atoms with Crippen molar-refractivity contribution in [2.45, 2.75) is 26.4 Å². The SMILES string of the molecule is CCOc1cc(/C=N/NC(=O)Cc2ccc(C(F)(F)F)cc2[N+](=O)[O-])cc(Br)c1OCC. The number of amides is 1. The van der Waals surface area contributed by atoms with E-state index in [9.17, 15) is 28.1 Å². The molecular weight excluding hydrogens is 499 g/mol. The fraction of sp³-hybridized carbons (Fsp3) is 0.300. The zero-order chi connectivity index (χ0) is 23.9. The number of nitrogens with one attached hydrogen (secondary N) is 1. The highest BCUT2D eigenvalue weighted by atomic mass is 79.9. The molecule has 2 rings (SSSR count). The first kappa shape index (κ1) is 25.1. The van der Waals surface area contributed by atoms with E-state index >= 15 is 0 Å². The third-order valence-electron chi connectivity index (χ3n) is 3.98. The smallest absolute Gasteiger partial charge is 0.416 e. The lowest BCUT2D eigenvalue weighted by atomic mass is 10.1. The summed E-state index contributed by atoms with van der Waals surface area (Å²) < 4.78 is 50.0. The Kier molecular flexibility index (Phi) is 8.58. The van der Waals surface area contributed by atoms with Crippen molar-refractivity contribution in [2.75, 3.05) is 13.2 Å². The Balaban J connectivity index is 2.14. The molecule has 0 aliphatic carbocycles. The van der Waals surface area contributed by atoms with Gasteiger partial charge in [-0.2, -0.15) is 18.3 Å². The molecule has 0 radical (unpaired) electrons. The van der Waals surface area contributed by atoms with Crippen molar-refractivity contribution in [1.82, 2.24) is 5.43 Å². The fourth-order valence-electron chi connectivity index (χ4n) is 2.66. The minimum Gasteiger partial charge on any atom is -0.490 e. The van der Waals surface area contributed by atoms with Gasteiger partial charge < -0.3 is 9.47 Å². The average Bonchev–Trinajstić information content (AvgIpc) is 2.70. The number of nitro benzene ring substituents is 1. The third-order valence-corrected chi connectivity index (χ3v) is 4.57.